The van der Waals surface area contributed by atoms with E-state index in [0.717, 1.165) is 63.8 Å². The summed E-state index contributed by atoms with van der Waals surface area (Å²) in [6, 6.07) is 7.80. The molecule has 0 amide bonds. The summed E-state index contributed by atoms with van der Waals surface area (Å²) >= 11 is 0. The van der Waals surface area contributed by atoms with Crippen LogP contribution in [0.3, 0.4) is 0 Å². The predicted octanol–water partition coefficient (Wildman–Crippen LogP) is 3.09. The molecule has 3 saturated heterocycles. The van der Waals surface area contributed by atoms with Gasteiger partial charge in [-0.2, -0.15) is 13.2 Å². The zero-order valence-electron chi connectivity index (χ0n) is 16.3. The first-order valence-corrected chi connectivity index (χ1v) is 10.6. The van der Waals surface area contributed by atoms with Crippen molar-refractivity contribution in [2.24, 2.45) is 0 Å². The van der Waals surface area contributed by atoms with Crippen molar-refractivity contribution in [1.29, 1.82) is 0 Å². The van der Waals surface area contributed by atoms with Crippen molar-refractivity contribution in [3.05, 3.63) is 29.8 Å². The Hall–Kier alpha value is -1.31. The Balaban J connectivity index is 1.16. The Morgan fingerprint density at radius 1 is 1.04 bits per heavy atom. The maximum absolute atomic E-state index is 12.9. The molecule has 4 nitrogen and oxygen atoms in total. The SMILES string of the molecule is FC(F)(F)c1cccc(N2CCN(CCCNC3CC4CCC(C3)N4)CC2)c1. The van der Waals surface area contributed by atoms with Crippen LogP contribution in [-0.2, 0) is 6.18 Å². The molecule has 28 heavy (non-hydrogen) atoms. The van der Waals surface area contributed by atoms with Crippen LogP contribution in [0.4, 0.5) is 18.9 Å². The molecular formula is C21H31F3N4. The number of nitrogens with zero attached hydrogens (tertiary/aromatic N) is 2. The number of hydrogen-bond acceptors (Lipinski definition) is 4. The molecule has 1 aromatic rings. The van der Waals surface area contributed by atoms with Crippen LogP contribution < -0.4 is 15.5 Å². The number of piperazine rings is 1. The number of rotatable bonds is 6. The number of piperidine rings is 1. The summed E-state index contributed by atoms with van der Waals surface area (Å²) < 4.78 is 38.7. The third kappa shape index (κ3) is 4.99. The Bertz CT molecular complexity index is 631. The molecule has 0 saturated carbocycles. The van der Waals surface area contributed by atoms with Crippen molar-refractivity contribution in [3.8, 4) is 0 Å². The van der Waals surface area contributed by atoms with Gasteiger partial charge in [-0.15, -0.1) is 0 Å². The lowest BCUT2D eigenvalue weighted by Crippen LogP contribution is -2.48. The zero-order valence-corrected chi connectivity index (χ0v) is 16.3. The van der Waals surface area contributed by atoms with E-state index in [9.17, 15) is 13.2 Å². The lowest BCUT2D eigenvalue weighted by molar-refractivity contribution is -0.137. The number of halogens is 3. The number of hydrogen-bond donors (Lipinski definition) is 2. The summed E-state index contributed by atoms with van der Waals surface area (Å²) in [6.45, 7) is 5.50. The van der Waals surface area contributed by atoms with Gasteiger partial charge in [0, 0.05) is 50.0 Å². The number of benzene rings is 1. The summed E-state index contributed by atoms with van der Waals surface area (Å²) in [5, 5.41) is 7.41. The third-order valence-corrected chi connectivity index (χ3v) is 6.47. The highest BCUT2D eigenvalue weighted by Crippen LogP contribution is 2.32. The fraction of sp³-hybridized carbons (Fsp3) is 0.714. The molecule has 1 aromatic carbocycles. The van der Waals surface area contributed by atoms with Gasteiger partial charge < -0.3 is 15.5 Å². The van der Waals surface area contributed by atoms with E-state index in [1.807, 2.05) is 0 Å². The number of anilines is 1. The van der Waals surface area contributed by atoms with Crippen molar-refractivity contribution < 1.29 is 13.2 Å². The van der Waals surface area contributed by atoms with Gasteiger partial charge in [0.1, 0.15) is 0 Å². The molecule has 2 atom stereocenters. The Morgan fingerprint density at radius 2 is 1.75 bits per heavy atom. The third-order valence-electron chi connectivity index (χ3n) is 6.47. The molecule has 0 radical (unpaired) electrons. The molecule has 3 aliphatic heterocycles. The summed E-state index contributed by atoms with van der Waals surface area (Å²) in [7, 11) is 0. The maximum atomic E-state index is 12.9. The first kappa shape index (κ1) is 20.0. The fourth-order valence-electron chi connectivity index (χ4n) is 4.94. The first-order chi connectivity index (χ1) is 13.5. The van der Waals surface area contributed by atoms with Gasteiger partial charge in [-0.25, -0.2) is 0 Å². The van der Waals surface area contributed by atoms with Crippen LogP contribution in [0.1, 0.15) is 37.7 Å². The summed E-state index contributed by atoms with van der Waals surface area (Å²) in [5.74, 6) is 0. The van der Waals surface area contributed by atoms with Gasteiger partial charge >= 0.3 is 6.18 Å². The molecule has 7 heteroatoms. The van der Waals surface area contributed by atoms with Crippen molar-refractivity contribution in [2.45, 2.75) is 56.4 Å². The van der Waals surface area contributed by atoms with E-state index in [1.54, 1.807) is 6.07 Å². The van der Waals surface area contributed by atoms with E-state index in [2.05, 4.69) is 20.4 Å². The fourth-order valence-corrected chi connectivity index (χ4v) is 4.94. The van der Waals surface area contributed by atoms with Gasteiger partial charge in [0.25, 0.3) is 0 Å². The van der Waals surface area contributed by atoms with Crippen LogP contribution in [0.2, 0.25) is 0 Å². The van der Waals surface area contributed by atoms with Crippen LogP contribution in [-0.4, -0.2) is 62.3 Å². The minimum atomic E-state index is -4.28. The van der Waals surface area contributed by atoms with Gasteiger partial charge in [0.15, 0.2) is 0 Å². The van der Waals surface area contributed by atoms with Crippen LogP contribution in [0, 0.1) is 0 Å². The van der Waals surface area contributed by atoms with Crippen LogP contribution >= 0.6 is 0 Å². The standard InChI is InChI=1S/C21H31F3N4/c22-21(23,24)16-3-1-4-20(13-16)28-11-9-27(10-12-28)8-2-7-25-19-14-17-5-6-18(15-19)26-17/h1,3-4,13,17-19,25-26H,2,5-12,14-15H2. The second kappa shape index (κ2) is 8.59. The molecule has 0 aromatic heterocycles. The zero-order chi connectivity index (χ0) is 19.6. The number of alkyl halides is 3. The number of nitrogens with one attached hydrogen (secondary N) is 2. The first-order valence-electron chi connectivity index (χ1n) is 10.6. The van der Waals surface area contributed by atoms with Gasteiger partial charge in [-0.05, 0) is 63.4 Å². The second-order valence-electron chi connectivity index (χ2n) is 8.49. The Labute approximate surface area is 165 Å². The molecule has 3 fully saturated rings. The van der Waals surface area contributed by atoms with Crippen LogP contribution in [0.15, 0.2) is 24.3 Å². The van der Waals surface area contributed by atoms with Crippen LogP contribution in [0.5, 0.6) is 0 Å². The maximum Gasteiger partial charge on any atom is 0.416 e. The summed E-state index contributed by atoms with van der Waals surface area (Å²) in [5.41, 5.74) is 0.113. The number of fused-ring (bicyclic) bond motifs is 2. The molecule has 2 N–H and O–H groups in total. The van der Waals surface area contributed by atoms with Crippen molar-refractivity contribution >= 4 is 5.69 Å². The van der Waals surface area contributed by atoms with E-state index < -0.39 is 11.7 Å². The topological polar surface area (TPSA) is 30.5 Å². The van der Waals surface area contributed by atoms with Crippen molar-refractivity contribution in [3.63, 3.8) is 0 Å². The summed E-state index contributed by atoms with van der Waals surface area (Å²) in [6.07, 6.45) is 2.03. The van der Waals surface area contributed by atoms with E-state index >= 15 is 0 Å². The quantitative estimate of drug-likeness (QED) is 0.724. The molecular weight excluding hydrogens is 365 g/mol. The Morgan fingerprint density at radius 3 is 2.43 bits per heavy atom. The molecule has 156 valence electrons. The minimum Gasteiger partial charge on any atom is -0.369 e. The van der Waals surface area contributed by atoms with E-state index in [4.69, 9.17) is 0 Å². The summed E-state index contributed by atoms with van der Waals surface area (Å²) in [4.78, 5) is 4.49. The molecule has 3 heterocycles. The normalized spacial score (nSPS) is 28.7. The highest BCUT2D eigenvalue weighted by Gasteiger charge is 2.33. The van der Waals surface area contributed by atoms with Gasteiger partial charge in [0.05, 0.1) is 5.56 Å². The average Bonchev–Trinajstić information content (AvgIpc) is 3.03. The lowest BCUT2D eigenvalue weighted by Gasteiger charge is -2.36. The molecule has 3 aliphatic rings. The smallest absolute Gasteiger partial charge is 0.369 e. The largest absolute Gasteiger partial charge is 0.416 e. The molecule has 0 spiro atoms. The Kier molecular flexibility index (Phi) is 6.13. The highest BCUT2D eigenvalue weighted by molar-refractivity contribution is 5.49. The lowest BCUT2D eigenvalue weighted by atomic mass is 10.00. The average molecular weight is 397 g/mol. The van der Waals surface area contributed by atoms with Crippen molar-refractivity contribution in [1.82, 2.24) is 15.5 Å². The van der Waals surface area contributed by atoms with Gasteiger partial charge in [-0.3, -0.25) is 4.90 Å². The van der Waals surface area contributed by atoms with E-state index in [-0.39, 0.29) is 0 Å². The molecule has 2 unspecified atom stereocenters. The highest BCUT2D eigenvalue weighted by atomic mass is 19.4. The molecule has 2 bridgehead atoms. The minimum absolute atomic E-state index is 0.565. The second-order valence-corrected chi connectivity index (χ2v) is 8.49. The molecule has 4 rings (SSSR count). The molecule has 0 aliphatic carbocycles. The van der Waals surface area contributed by atoms with Crippen LogP contribution in [0.25, 0.3) is 0 Å². The van der Waals surface area contributed by atoms with Gasteiger partial charge in [-0.1, -0.05) is 6.07 Å². The van der Waals surface area contributed by atoms with E-state index in [1.165, 1.54) is 37.8 Å². The van der Waals surface area contributed by atoms with Crippen molar-refractivity contribution in [2.75, 3.05) is 44.2 Å². The monoisotopic (exact) mass is 396 g/mol. The van der Waals surface area contributed by atoms with Gasteiger partial charge in [0.2, 0.25) is 0 Å². The van der Waals surface area contributed by atoms with E-state index in [0.29, 0.717) is 11.7 Å². The predicted molar refractivity (Wildman–Crippen MR) is 106 cm³/mol.